The lowest BCUT2D eigenvalue weighted by molar-refractivity contribution is 0.597. The molecule has 18 heavy (non-hydrogen) atoms. The minimum atomic E-state index is -3.31. The van der Waals surface area contributed by atoms with Crippen LogP contribution in [0.25, 0.3) is 0 Å². The molecule has 0 bridgehead atoms. The Bertz CT molecular complexity index is 601. The van der Waals surface area contributed by atoms with Crippen LogP contribution in [0.3, 0.4) is 0 Å². The van der Waals surface area contributed by atoms with E-state index in [2.05, 4.69) is 0 Å². The summed E-state index contributed by atoms with van der Waals surface area (Å²) in [4.78, 5) is 0. The van der Waals surface area contributed by atoms with Crippen molar-refractivity contribution >= 4 is 9.84 Å². The molecule has 5 heteroatoms. The van der Waals surface area contributed by atoms with Crippen molar-refractivity contribution in [2.75, 3.05) is 6.26 Å². The van der Waals surface area contributed by atoms with Crippen LogP contribution in [-0.2, 0) is 16.3 Å². The Hall–Kier alpha value is -1.38. The third-order valence-electron chi connectivity index (χ3n) is 3.58. The van der Waals surface area contributed by atoms with Crippen LogP contribution in [0.15, 0.2) is 24.3 Å². The molecule has 0 amide bonds. The van der Waals surface area contributed by atoms with Crippen LogP contribution in [0, 0.1) is 11.3 Å². The molecule has 1 aliphatic carbocycles. The fraction of sp³-hybridized carbons (Fsp3) is 0.462. The van der Waals surface area contributed by atoms with Gasteiger partial charge in [-0.05, 0) is 17.5 Å². The normalized spacial score (nSPS) is 30.8. The highest BCUT2D eigenvalue weighted by molar-refractivity contribution is 7.91. The topological polar surface area (TPSA) is 83.9 Å². The molecule has 0 aromatic heterocycles. The lowest BCUT2D eigenvalue weighted by atomic mass is 10.0. The summed E-state index contributed by atoms with van der Waals surface area (Å²) in [5.41, 5.74) is 6.61. The van der Waals surface area contributed by atoms with Gasteiger partial charge in [0.2, 0.25) is 0 Å². The average Bonchev–Trinajstić information content (AvgIpc) is 2.97. The van der Waals surface area contributed by atoms with Gasteiger partial charge in [-0.2, -0.15) is 5.26 Å². The van der Waals surface area contributed by atoms with Gasteiger partial charge in [0.05, 0.1) is 6.07 Å². The summed E-state index contributed by atoms with van der Waals surface area (Å²) in [7, 11) is -3.31. The SMILES string of the molecule is CCc1ccc([C@@H]2[C@H](S(C)(=O)=O)[C@]2(N)C#N)cc1. The molecule has 2 rings (SSSR count). The molecular formula is C13H16N2O2S. The summed E-state index contributed by atoms with van der Waals surface area (Å²) in [5.74, 6) is -0.414. The largest absolute Gasteiger partial charge is 0.312 e. The predicted molar refractivity (Wildman–Crippen MR) is 69.7 cm³/mol. The number of nitriles is 1. The monoisotopic (exact) mass is 264 g/mol. The first-order valence-electron chi connectivity index (χ1n) is 5.82. The van der Waals surface area contributed by atoms with E-state index in [0.717, 1.165) is 18.2 Å². The summed E-state index contributed by atoms with van der Waals surface area (Å²) in [6, 6.07) is 9.58. The molecule has 2 N–H and O–H groups in total. The molecular weight excluding hydrogens is 248 g/mol. The summed E-state index contributed by atoms with van der Waals surface area (Å²) < 4.78 is 23.3. The van der Waals surface area contributed by atoms with Gasteiger partial charge in [0.15, 0.2) is 9.84 Å². The van der Waals surface area contributed by atoms with Gasteiger partial charge in [-0.25, -0.2) is 8.42 Å². The van der Waals surface area contributed by atoms with Gasteiger partial charge in [0.1, 0.15) is 10.8 Å². The summed E-state index contributed by atoms with van der Waals surface area (Å²) in [6.45, 7) is 2.05. The van der Waals surface area contributed by atoms with E-state index in [9.17, 15) is 8.42 Å². The van der Waals surface area contributed by atoms with E-state index in [4.69, 9.17) is 11.0 Å². The van der Waals surface area contributed by atoms with Gasteiger partial charge in [0, 0.05) is 12.2 Å². The van der Waals surface area contributed by atoms with E-state index in [1.54, 1.807) is 0 Å². The second-order valence-corrected chi connectivity index (χ2v) is 7.03. The number of benzene rings is 1. The zero-order valence-corrected chi connectivity index (χ0v) is 11.2. The Kier molecular flexibility index (Phi) is 2.96. The lowest BCUT2D eigenvalue weighted by Crippen LogP contribution is -2.28. The van der Waals surface area contributed by atoms with Gasteiger partial charge in [-0.1, -0.05) is 31.2 Å². The van der Waals surface area contributed by atoms with Crippen LogP contribution in [0.2, 0.25) is 0 Å². The first-order valence-corrected chi connectivity index (χ1v) is 7.78. The van der Waals surface area contributed by atoms with Gasteiger partial charge < -0.3 is 5.73 Å². The van der Waals surface area contributed by atoms with Crippen LogP contribution < -0.4 is 5.73 Å². The Morgan fingerprint density at radius 3 is 2.28 bits per heavy atom. The average molecular weight is 264 g/mol. The smallest absolute Gasteiger partial charge is 0.153 e. The van der Waals surface area contributed by atoms with Crippen molar-refractivity contribution in [2.45, 2.75) is 30.1 Å². The molecule has 96 valence electrons. The standard InChI is InChI=1S/C13H16N2O2S/c1-3-9-4-6-10(7-5-9)11-12(18(2,16)17)13(11,15)8-14/h4-7,11-12H,3,15H2,1-2H3/t11-,12+,13+/m1/s1. The Balaban J connectivity index is 2.37. The van der Waals surface area contributed by atoms with E-state index in [1.165, 1.54) is 5.56 Å². The van der Waals surface area contributed by atoms with E-state index in [1.807, 2.05) is 37.3 Å². The molecule has 1 aliphatic rings. The lowest BCUT2D eigenvalue weighted by Gasteiger charge is -2.02. The zero-order valence-electron chi connectivity index (χ0n) is 10.4. The highest BCUT2D eigenvalue weighted by atomic mass is 32.2. The first kappa shape index (κ1) is 13.1. The molecule has 1 saturated carbocycles. The van der Waals surface area contributed by atoms with Crippen LogP contribution in [0.1, 0.15) is 24.0 Å². The number of hydrogen-bond donors (Lipinski definition) is 1. The van der Waals surface area contributed by atoms with Crippen LogP contribution in [0.4, 0.5) is 0 Å². The number of aryl methyl sites for hydroxylation is 1. The van der Waals surface area contributed by atoms with E-state index >= 15 is 0 Å². The molecule has 0 unspecified atom stereocenters. The van der Waals surface area contributed by atoms with E-state index in [0.29, 0.717) is 0 Å². The molecule has 1 aromatic rings. The van der Waals surface area contributed by atoms with Crippen molar-refractivity contribution in [3.8, 4) is 6.07 Å². The van der Waals surface area contributed by atoms with Crippen molar-refractivity contribution in [3.05, 3.63) is 35.4 Å². The maximum atomic E-state index is 11.6. The van der Waals surface area contributed by atoms with Crippen LogP contribution >= 0.6 is 0 Å². The summed E-state index contributed by atoms with van der Waals surface area (Å²) in [6.07, 6.45) is 2.06. The summed E-state index contributed by atoms with van der Waals surface area (Å²) >= 11 is 0. The molecule has 0 radical (unpaired) electrons. The van der Waals surface area contributed by atoms with Gasteiger partial charge in [0.25, 0.3) is 0 Å². The Labute approximate surface area is 107 Å². The minimum Gasteiger partial charge on any atom is -0.312 e. The van der Waals surface area contributed by atoms with Crippen molar-refractivity contribution in [2.24, 2.45) is 5.73 Å². The molecule has 0 spiro atoms. The first-order chi connectivity index (χ1) is 8.34. The third kappa shape index (κ3) is 1.92. The highest BCUT2D eigenvalue weighted by Gasteiger charge is 2.69. The predicted octanol–water partition coefficient (Wildman–Crippen LogP) is 0.980. The zero-order chi connectivity index (χ0) is 13.6. The van der Waals surface area contributed by atoms with E-state index in [-0.39, 0.29) is 0 Å². The van der Waals surface area contributed by atoms with Gasteiger partial charge >= 0.3 is 0 Å². The number of sulfone groups is 1. The quantitative estimate of drug-likeness (QED) is 0.882. The molecule has 0 aliphatic heterocycles. The number of nitrogens with zero attached hydrogens (tertiary/aromatic N) is 1. The summed E-state index contributed by atoms with van der Waals surface area (Å²) in [5, 5.41) is 8.30. The van der Waals surface area contributed by atoms with E-state index < -0.39 is 26.5 Å². The second kappa shape index (κ2) is 4.08. The maximum Gasteiger partial charge on any atom is 0.153 e. The number of hydrogen-bond acceptors (Lipinski definition) is 4. The van der Waals surface area contributed by atoms with Crippen molar-refractivity contribution < 1.29 is 8.42 Å². The van der Waals surface area contributed by atoms with Crippen molar-refractivity contribution in [3.63, 3.8) is 0 Å². The molecule has 4 nitrogen and oxygen atoms in total. The van der Waals surface area contributed by atoms with Crippen molar-refractivity contribution in [1.29, 1.82) is 5.26 Å². The van der Waals surface area contributed by atoms with Gasteiger partial charge in [-0.3, -0.25) is 0 Å². The fourth-order valence-corrected chi connectivity index (χ4v) is 4.23. The molecule has 1 aromatic carbocycles. The Morgan fingerprint density at radius 1 is 1.39 bits per heavy atom. The second-order valence-electron chi connectivity index (χ2n) is 4.87. The van der Waals surface area contributed by atoms with Crippen LogP contribution in [0.5, 0.6) is 0 Å². The number of nitrogens with two attached hydrogens (primary N) is 1. The highest BCUT2D eigenvalue weighted by Crippen LogP contribution is 2.53. The Morgan fingerprint density at radius 2 is 1.94 bits per heavy atom. The molecule has 1 fully saturated rings. The van der Waals surface area contributed by atoms with Crippen molar-refractivity contribution in [1.82, 2.24) is 0 Å². The molecule has 3 atom stereocenters. The molecule has 0 heterocycles. The van der Waals surface area contributed by atoms with Crippen LogP contribution in [-0.4, -0.2) is 25.5 Å². The maximum absolute atomic E-state index is 11.6. The fourth-order valence-electron chi connectivity index (χ4n) is 2.52. The van der Waals surface area contributed by atoms with Gasteiger partial charge in [-0.15, -0.1) is 0 Å². The number of rotatable bonds is 3. The molecule has 0 saturated heterocycles. The third-order valence-corrected chi connectivity index (χ3v) is 5.17. The minimum absolute atomic E-state index is 0.414.